The van der Waals surface area contributed by atoms with Crippen LogP contribution in [0, 0.1) is 0 Å². The lowest BCUT2D eigenvalue weighted by molar-refractivity contribution is -0.133. The Balaban J connectivity index is 1.42. The summed E-state index contributed by atoms with van der Waals surface area (Å²) in [6, 6.07) is 33.6. The summed E-state index contributed by atoms with van der Waals surface area (Å²) in [5.74, 6) is 0.00361. The van der Waals surface area contributed by atoms with Crippen molar-refractivity contribution in [3.05, 3.63) is 120 Å². The zero-order valence-corrected chi connectivity index (χ0v) is 25.4. The third-order valence-electron chi connectivity index (χ3n) is 8.55. The number of rotatable bonds is 12. The topological polar surface area (TPSA) is 146 Å². The van der Waals surface area contributed by atoms with Crippen LogP contribution in [0.15, 0.2) is 108 Å². The number of benzene rings is 4. The van der Waals surface area contributed by atoms with Crippen LogP contribution in [0.25, 0.3) is 10.8 Å². The van der Waals surface area contributed by atoms with Crippen LogP contribution >= 0.6 is 0 Å². The smallest absolute Gasteiger partial charge is 0.404 e. The van der Waals surface area contributed by atoms with Gasteiger partial charge in [-0.05, 0) is 53.1 Å². The molecular formula is C36H42N6O3. The molecule has 0 spiro atoms. The van der Waals surface area contributed by atoms with Crippen molar-refractivity contribution in [1.29, 1.82) is 0 Å². The summed E-state index contributed by atoms with van der Waals surface area (Å²) in [6.45, 7) is 1.41. The molecular weight excluding hydrogens is 564 g/mol. The number of carbonyl (C=O) groups is 2. The van der Waals surface area contributed by atoms with Crippen LogP contribution in [0.3, 0.4) is 0 Å². The number of nitrogens with one attached hydrogen (secondary N) is 2. The molecule has 0 bridgehead atoms. The van der Waals surface area contributed by atoms with Crippen molar-refractivity contribution in [2.24, 2.45) is 16.5 Å². The van der Waals surface area contributed by atoms with E-state index in [1.165, 1.54) is 0 Å². The van der Waals surface area contributed by atoms with Crippen LogP contribution in [-0.2, 0) is 11.2 Å². The number of amides is 2. The van der Waals surface area contributed by atoms with Gasteiger partial charge in [-0.1, -0.05) is 103 Å². The third kappa shape index (κ3) is 8.61. The van der Waals surface area contributed by atoms with E-state index in [9.17, 15) is 14.7 Å². The Hall–Kier alpha value is -4.89. The molecule has 1 unspecified atom stereocenters. The number of nitrogens with zero attached hydrogens (tertiary/aromatic N) is 2. The summed E-state index contributed by atoms with van der Waals surface area (Å²) in [6.07, 6.45) is 1.10. The van der Waals surface area contributed by atoms with Gasteiger partial charge in [0, 0.05) is 31.6 Å². The van der Waals surface area contributed by atoms with E-state index in [1.54, 1.807) is 0 Å². The van der Waals surface area contributed by atoms with Crippen molar-refractivity contribution >= 4 is 28.7 Å². The number of carbonyl (C=O) groups excluding carboxylic acids is 1. The highest BCUT2D eigenvalue weighted by molar-refractivity contribution is 5.83. The summed E-state index contributed by atoms with van der Waals surface area (Å²) in [5, 5.41) is 18.4. The summed E-state index contributed by atoms with van der Waals surface area (Å²) < 4.78 is 0. The molecule has 0 aliphatic carbocycles. The second-order valence-corrected chi connectivity index (χ2v) is 11.7. The zero-order chi connectivity index (χ0) is 31.6. The highest BCUT2D eigenvalue weighted by atomic mass is 16.4. The van der Waals surface area contributed by atoms with Gasteiger partial charge in [0.15, 0.2) is 5.96 Å². The van der Waals surface area contributed by atoms with Crippen molar-refractivity contribution in [3.8, 4) is 0 Å². The minimum absolute atomic E-state index is 0.00107. The van der Waals surface area contributed by atoms with Crippen molar-refractivity contribution < 1.29 is 14.7 Å². The number of hydrogen-bond donors (Lipinski definition) is 5. The van der Waals surface area contributed by atoms with E-state index in [1.807, 2.05) is 59.5 Å². The van der Waals surface area contributed by atoms with Gasteiger partial charge < -0.3 is 32.1 Å². The lowest BCUT2D eigenvalue weighted by atomic mass is 9.90. The fourth-order valence-corrected chi connectivity index (χ4v) is 6.31. The molecule has 1 saturated heterocycles. The minimum atomic E-state index is -1.09. The van der Waals surface area contributed by atoms with E-state index < -0.39 is 18.2 Å². The van der Waals surface area contributed by atoms with Crippen molar-refractivity contribution in [2.75, 3.05) is 19.6 Å². The Bertz CT molecular complexity index is 1550. The second kappa shape index (κ2) is 15.2. The maximum atomic E-state index is 14.2. The van der Waals surface area contributed by atoms with E-state index in [0.717, 1.165) is 27.5 Å². The molecule has 0 aromatic heterocycles. The molecule has 4 aromatic rings. The Kier molecular flexibility index (Phi) is 10.7. The highest BCUT2D eigenvalue weighted by Crippen LogP contribution is 2.28. The maximum absolute atomic E-state index is 14.2. The van der Waals surface area contributed by atoms with E-state index in [2.05, 4.69) is 64.2 Å². The Morgan fingerprint density at radius 1 is 0.933 bits per heavy atom. The second-order valence-electron chi connectivity index (χ2n) is 11.7. The van der Waals surface area contributed by atoms with Crippen molar-refractivity contribution in [3.63, 3.8) is 0 Å². The molecule has 234 valence electrons. The number of guanidine groups is 1. The molecule has 45 heavy (non-hydrogen) atoms. The van der Waals surface area contributed by atoms with Gasteiger partial charge in [0.05, 0.1) is 12.1 Å². The first-order valence-electron chi connectivity index (χ1n) is 15.5. The SMILES string of the molecule is NC(N)=NCCC[C@@H]1N[C@H](C(Cc2ccc3ccccc3c2)NC(=O)O)CCN(CC(c2ccccc2)c2ccccc2)C1=O. The van der Waals surface area contributed by atoms with Crippen LogP contribution in [0.1, 0.15) is 41.9 Å². The number of carboxylic acid groups (broad SMARTS) is 1. The van der Waals surface area contributed by atoms with Gasteiger partial charge in [0.2, 0.25) is 5.91 Å². The van der Waals surface area contributed by atoms with Gasteiger partial charge in [0.25, 0.3) is 0 Å². The molecule has 1 aliphatic heterocycles. The molecule has 3 atom stereocenters. The molecule has 1 fully saturated rings. The summed E-state index contributed by atoms with van der Waals surface area (Å²) in [4.78, 5) is 32.3. The number of hydrogen-bond acceptors (Lipinski definition) is 4. The first-order chi connectivity index (χ1) is 21.9. The van der Waals surface area contributed by atoms with Gasteiger partial charge in [-0.25, -0.2) is 4.79 Å². The molecule has 2 amide bonds. The van der Waals surface area contributed by atoms with E-state index in [4.69, 9.17) is 11.5 Å². The van der Waals surface area contributed by atoms with E-state index >= 15 is 0 Å². The van der Waals surface area contributed by atoms with Gasteiger partial charge in [-0.3, -0.25) is 9.79 Å². The summed E-state index contributed by atoms with van der Waals surface area (Å²) >= 11 is 0. The normalized spacial score (nSPS) is 17.5. The van der Waals surface area contributed by atoms with Crippen LogP contribution in [0.4, 0.5) is 4.79 Å². The third-order valence-corrected chi connectivity index (χ3v) is 8.55. The molecule has 0 radical (unpaired) electrons. The van der Waals surface area contributed by atoms with Crippen LogP contribution < -0.4 is 22.1 Å². The van der Waals surface area contributed by atoms with Crippen molar-refractivity contribution in [1.82, 2.24) is 15.5 Å². The average molecular weight is 607 g/mol. The fraction of sp³-hybridized carbons (Fsp3) is 0.306. The van der Waals surface area contributed by atoms with Crippen LogP contribution in [-0.4, -0.2) is 65.7 Å². The monoisotopic (exact) mass is 606 g/mol. The quantitative estimate of drug-likeness (QED) is 0.0914. The Morgan fingerprint density at radius 2 is 1.58 bits per heavy atom. The first-order valence-corrected chi connectivity index (χ1v) is 15.5. The van der Waals surface area contributed by atoms with E-state index in [0.29, 0.717) is 45.3 Å². The number of fused-ring (bicyclic) bond motifs is 1. The minimum Gasteiger partial charge on any atom is -0.465 e. The standard InChI is InChI=1S/C36H42N6O3/c37-35(38)39-20-9-16-32-34(43)42(24-30(27-11-3-1-4-12-27)28-13-5-2-6-14-28)21-19-31(40-32)33(41-36(44)45)23-25-17-18-26-10-7-8-15-29(26)22-25/h1-8,10-15,17-18,22,30-33,40-41H,9,16,19-21,23-24H2,(H,44,45)(H4,37,38,39)/t31-,32-,33?/m0/s1. The Labute approximate surface area is 264 Å². The maximum Gasteiger partial charge on any atom is 0.404 e. The largest absolute Gasteiger partial charge is 0.465 e. The molecule has 9 nitrogen and oxygen atoms in total. The fourth-order valence-electron chi connectivity index (χ4n) is 6.31. The molecule has 1 heterocycles. The average Bonchev–Trinajstić information content (AvgIpc) is 3.20. The molecule has 7 N–H and O–H groups in total. The zero-order valence-electron chi connectivity index (χ0n) is 25.4. The molecule has 0 saturated carbocycles. The predicted molar refractivity (Wildman–Crippen MR) is 179 cm³/mol. The van der Waals surface area contributed by atoms with Gasteiger partial charge in [-0.2, -0.15) is 0 Å². The predicted octanol–water partition coefficient (Wildman–Crippen LogP) is 4.46. The molecule has 4 aromatic carbocycles. The van der Waals surface area contributed by atoms with Gasteiger partial charge in [0.1, 0.15) is 0 Å². The van der Waals surface area contributed by atoms with Crippen molar-refractivity contribution in [2.45, 2.75) is 49.7 Å². The highest BCUT2D eigenvalue weighted by Gasteiger charge is 2.35. The molecule has 1 aliphatic rings. The summed E-state index contributed by atoms with van der Waals surface area (Å²) in [5.41, 5.74) is 14.4. The van der Waals surface area contributed by atoms with Crippen LogP contribution in [0.5, 0.6) is 0 Å². The van der Waals surface area contributed by atoms with Gasteiger partial charge in [-0.15, -0.1) is 0 Å². The molecule has 5 rings (SSSR count). The van der Waals surface area contributed by atoms with Gasteiger partial charge >= 0.3 is 6.09 Å². The number of aliphatic imine (C=N–C) groups is 1. The lowest BCUT2D eigenvalue weighted by Crippen LogP contribution is -2.54. The first kappa shape index (κ1) is 31.5. The van der Waals surface area contributed by atoms with E-state index in [-0.39, 0.29) is 23.8 Å². The van der Waals surface area contributed by atoms with Crippen LogP contribution in [0.2, 0.25) is 0 Å². The Morgan fingerprint density at radius 3 is 2.22 bits per heavy atom. The number of nitrogens with two attached hydrogens (primary N) is 2. The summed E-state index contributed by atoms with van der Waals surface area (Å²) in [7, 11) is 0. The molecule has 9 heteroatoms. The lowest BCUT2D eigenvalue weighted by Gasteiger charge is -2.30.